The average molecular weight is 157 g/mol. The first-order valence-electron chi connectivity index (χ1n) is 4.26. The Bertz CT molecular complexity index is 108. The van der Waals surface area contributed by atoms with Crippen molar-refractivity contribution in [2.45, 2.75) is 39.5 Å². The lowest BCUT2D eigenvalue weighted by Gasteiger charge is -2.01. The highest BCUT2D eigenvalue weighted by Crippen LogP contribution is 2.05. The van der Waals surface area contributed by atoms with Crippen LogP contribution in [0.4, 0.5) is 0 Å². The third-order valence-electron chi connectivity index (χ3n) is 1.49. The maximum atomic E-state index is 11.0. The van der Waals surface area contributed by atoms with Gasteiger partial charge in [-0.3, -0.25) is 4.79 Å². The molecule has 65 valence electrons. The van der Waals surface area contributed by atoms with Crippen LogP contribution in [-0.4, -0.2) is 12.4 Å². The molecule has 0 spiro atoms. The van der Waals surface area contributed by atoms with E-state index in [9.17, 15) is 9.90 Å². The monoisotopic (exact) mass is 157 g/mol. The summed E-state index contributed by atoms with van der Waals surface area (Å²) in [5.74, 6) is 0.753. The number of Topliss-reactive ketones (excluding diaryl/α,β-unsaturated/α-hetero) is 1. The fourth-order valence-corrected chi connectivity index (χ4v) is 0.982. The summed E-state index contributed by atoms with van der Waals surface area (Å²) in [5.41, 5.74) is 0. The van der Waals surface area contributed by atoms with Gasteiger partial charge in [-0.05, 0) is 18.8 Å². The average Bonchev–Trinajstić information content (AvgIpc) is 1.86. The lowest BCUT2D eigenvalue weighted by Crippen LogP contribution is -2.02. The van der Waals surface area contributed by atoms with E-state index in [4.69, 9.17) is 0 Å². The van der Waals surface area contributed by atoms with E-state index in [1.54, 1.807) is 0 Å². The topological polar surface area (TPSA) is 37.0 Å². The van der Waals surface area contributed by atoms with Crippen LogP contribution in [0.1, 0.15) is 39.5 Å². The molecule has 0 N–H and O–H groups in total. The Hall–Kier alpha value is -0.370. The summed E-state index contributed by atoms with van der Waals surface area (Å²) in [6, 6.07) is 0. The fourth-order valence-electron chi connectivity index (χ4n) is 0.982. The van der Waals surface area contributed by atoms with Gasteiger partial charge in [0.25, 0.3) is 0 Å². The summed E-state index contributed by atoms with van der Waals surface area (Å²) in [5, 5.41) is 10.0. The Morgan fingerprint density at radius 3 is 2.36 bits per heavy atom. The van der Waals surface area contributed by atoms with Crippen molar-refractivity contribution in [1.29, 1.82) is 0 Å². The molecule has 2 nitrogen and oxygen atoms in total. The zero-order chi connectivity index (χ0) is 8.69. The zero-order valence-corrected chi connectivity index (χ0v) is 7.43. The second-order valence-corrected chi connectivity index (χ2v) is 3.30. The number of hydrogen-bond acceptors (Lipinski definition) is 1. The van der Waals surface area contributed by atoms with E-state index in [1.807, 2.05) is 13.8 Å². The van der Waals surface area contributed by atoms with Gasteiger partial charge in [0.05, 0.1) is 6.61 Å². The molecule has 0 aliphatic rings. The first kappa shape index (κ1) is 10.6. The highest BCUT2D eigenvalue weighted by molar-refractivity contribution is 5.78. The molecule has 1 radical (unpaired) electrons. The van der Waals surface area contributed by atoms with Gasteiger partial charge in [-0.1, -0.05) is 13.8 Å². The Morgan fingerprint density at radius 1 is 1.27 bits per heavy atom. The van der Waals surface area contributed by atoms with Crippen LogP contribution < -0.4 is 0 Å². The van der Waals surface area contributed by atoms with Crippen molar-refractivity contribution < 1.29 is 9.90 Å². The summed E-state index contributed by atoms with van der Waals surface area (Å²) in [6.07, 6.45) is 2.68. The quantitative estimate of drug-likeness (QED) is 0.544. The van der Waals surface area contributed by atoms with E-state index < -0.39 is 0 Å². The minimum atomic E-state index is -0.0467. The molecule has 0 amide bonds. The predicted octanol–water partition coefficient (Wildman–Crippen LogP) is 2.20. The van der Waals surface area contributed by atoms with Gasteiger partial charge >= 0.3 is 0 Å². The lowest BCUT2D eigenvalue weighted by atomic mass is 10.0. The van der Waals surface area contributed by atoms with Crippen molar-refractivity contribution in [3.05, 3.63) is 0 Å². The first-order chi connectivity index (χ1) is 5.16. The lowest BCUT2D eigenvalue weighted by molar-refractivity contribution is -0.119. The number of carbonyl (C=O) groups excluding carboxylic acids is 1. The second kappa shape index (κ2) is 6.35. The molecule has 0 bridgehead atoms. The smallest absolute Gasteiger partial charge is 0.133 e. The number of carbonyl (C=O) groups is 1. The summed E-state index contributed by atoms with van der Waals surface area (Å²) >= 11 is 0. The Morgan fingerprint density at radius 2 is 1.91 bits per heavy atom. The molecule has 2 heteroatoms. The van der Waals surface area contributed by atoms with Gasteiger partial charge in [-0.15, -0.1) is 0 Å². The number of rotatable bonds is 6. The van der Waals surface area contributed by atoms with Crippen LogP contribution in [0.15, 0.2) is 0 Å². The van der Waals surface area contributed by atoms with E-state index in [0.29, 0.717) is 31.0 Å². The normalized spacial score (nSPS) is 10.5. The molecule has 0 fully saturated rings. The van der Waals surface area contributed by atoms with E-state index in [2.05, 4.69) is 0 Å². The molecule has 0 saturated heterocycles. The molecule has 0 atom stereocenters. The SMILES string of the molecule is CC(C)CC(=O)CCCC[O]. The largest absolute Gasteiger partial charge is 0.300 e. The fraction of sp³-hybridized carbons (Fsp3) is 0.889. The van der Waals surface area contributed by atoms with E-state index in [1.165, 1.54) is 0 Å². The van der Waals surface area contributed by atoms with Gasteiger partial charge in [0.2, 0.25) is 0 Å². The number of ketones is 1. The molecule has 0 rings (SSSR count). The summed E-state index contributed by atoms with van der Waals surface area (Å²) in [7, 11) is 0. The molecule has 0 aromatic heterocycles. The molecule has 0 aromatic rings. The van der Waals surface area contributed by atoms with Crippen molar-refractivity contribution in [3.63, 3.8) is 0 Å². The Balaban J connectivity index is 3.23. The van der Waals surface area contributed by atoms with Crippen LogP contribution in [0.5, 0.6) is 0 Å². The van der Waals surface area contributed by atoms with Gasteiger partial charge in [0, 0.05) is 12.8 Å². The Labute approximate surface area is 68.6 Å². The van der Waals surface area contributed by atoms with E-state index >= 15 is 0 Å². The second-order valence-electron chi connectivity index (χ2n) is 3.30. The molecule has 11 heavy (non-hydrogen) atoms. The third-order valence-corrected chi connectivity index (χ3v) is 1.49. The summed E-state index contributed by atoms with van der Waals surface area (Å²) in [4.78, 5) is 11.0. The van der Waals surface area contributed by atoms with Crippen LogP contribution in [0.25, 0.3) is 0 Å². The maximum Gasteiger partial charge on any atom is 0.133 e. The standard InChI is InChI=1S/C9H17O2/c1-8(2)7-9(11)5-3-4-6-10/h8H,3-7H2,1-2H3. The molecule has 0 heterocycles. The van der Waals surface area contributed by atoms with Crippen LogP contribution in [0.3, 0.4) is 0 Å². The zero-order valence-electron chi connectivity index (χ0n) is 7.43. The molecule has 0 saturated carbocycles. The molecule has 0 aliphatic carbocycles. The van der Waals surface area contributed by atoms with Gasteiger partial charge in [0.1, 0.15) is 5.78 Å². The van der Waals surface area contributed by atoms with Gasteiger partial charge in [0.15, 0.2) is 0 Å². The van der Waals surface area contributed by atoms with Crippen molar-refractivity contribution >= 4 is 5.78 Å². The number of hydrogen-bond donors (Lipinski definition) is 0. The number of unbranched alkanes of at least 4 members (excludes halogenated alkanes) is 1. The molecule has 0 aromatic carbocycles. The first-order valence-corrected chi connectivity index (χ1v) is 4.26. The van der Waals surface area contributed by atoms with E-state index in [0.717, 1.165) is 6.42 Å². The van der Waals surface area contributed by atoms with Gasteiger partial charge in [-0.25, -0.2) is 5.11 Å². The van der Waals surface area contributed by atoms with Crippen molar-refractivity contribution in [1.82, 2.24) is 0 Å². The summed E-state index contributed by atoms with van der Waals surface area (Å²) in [6.45, 7) is 4.02. The van der Waals surface area contributed by atoms with Crippen LogP contribution in [-0.2, 0) is 9.90 Å². The summed E-state index contributed by atoms with van der Waals surface area (Å²) < 4.78 is 0. The van der Waals surface area contributed by atoms with Crippen molar-refractivity contribution in [2.24, 2.45) is 5.92 Å². The predicted molar refractivity (Wildman–Crippen MR) is 43.9 cm³/mol. The van der Waals surface area contributed by atoms with Crippen LogP contribution in [0, 0.1) is 5.92 Å². The molecular weight excluding hydrogens is 140 g/mol. The van der Waals surface area contributed by atoms with E-state index in [-0.39, 0.29) is 6.61 Å². The highest BCUT2D eigenvalue weighted by atomic mass is 16.2. The molecule has 0 aliphatic heterocycles. The highest BCUT2D eigenvalue weighted by Gasteiger charge is 2.03. The maximum absolute atomic E-state index is 11.0. The van der Waals surface area contributed by atoms with Crippen molar-refractivity contribution in [2.75, 3.05) is 6.61 Å². The minimum Gasteiger partial charge on any atom is -0.300 e. The van der Waals surface area contributed by atoms with Crippen molar-refractivity contribution in [3.8, 4) is 0 Å². The van der Waals surface area contributed by atoms with Gasteiger partial charge in [-0.2, -0.15) is 0 Å². The van der Waals surface area contributed by atoms with Crippen LogP contribution >= 0.6 is 0 Å². The minimum absolute atomic E-state index is 0.0467. The van der Waals surface area contributed by atoms with Crippen LogP contribution in [0.2, 0.25) is 0 Å². The molecule has 0 unspecified atom stereocenters. The molecular formula is C9H17O2. The van der Waals surface area contributed by atoms with Gasteiger partial charge < -0.3 is 0 Å². The third kappa shape index (κ3) is 7.53. The Kier molecular flexibility index (Phi) is 6.13.